The highest BCUT2D eigenvalue weighted by molar-refractivity contribution is 5.44. The minimum Gasteiger partial charge on any atom is -0.328 e. The quantitative estimate of drug-likeness (QED) is 0.852. The molecule has 0 spiro atoms. The van der Waals surface area contributed by atoms with Crippen molar-refractivity contribution in [1.82, 2.24) is 9.38 Å². The van der Waals surface area contributed by atoms with E-state index in [2.05, 4.69) is 33.9 Å². The molecule has 3 rings (SSSR count). The van der Waals surface area contributed by atoms with E-state index in [1.807, 2.05) is 6.92 Å². The van der Waals surface area contributed by atoms with Gasteiger partial charge < -0.3 is 10.1 Å². The molecule has 1 aliphatic carbocycles. The molecular weight excluding hydrogens is 198 g/mol. The average molecular weight is 215 g/mol. The molecule has 1 aliphatic rings. The summed E-state index contributed by atoms with van der Waals surface area (Å²) in [4.78, 5) is 4.66. The van der Waals surface area contributed by atoms with E-state index in [0.717, 1.165) is 18.0 Å². The highest BCUT2D eigenvalue weighted by Crippen LogP contribution is 2.39. The van der Waals surface area contributed by atoms with Crippen molar-refractivity contribution in [3.63, 3.8) is 0 Å². The Kier molecular flexibility index (Phi) is 2.21. The van der Waals surface area contributed by atoms with E-state index in [9.17, 15) is 0 Å². The summed E-state index contributed by atoms with van der Waals surface area (Å²) in [5.74, 6) is 0.719. The third-order valence-corrected chi connectivity index (χ3v) is 3.10. The number of hydrogen-bond donors (Lipinski definition) is 1. The van der Waals surface area contributed by atoms with Crippen LogP contribution in [0.3, 0.4) is 0 Å². The summed E-state index contributed by atoms with van der Waals surface area (Å²) < 4.78 is 2.11. The summed E-state index contributed by atoms with van der Waals surface area (Å²) in [6, 6.07) is 4.49. The van der Waals surface area contributed by atoms with Crippen LogP contribution in [0, 0.1) is 0 Å². The van der Waals surface area contributed by atoms with Crippen molar-refractivity contribution < 1.29 is 0 Å². The van der Waals surface area contributed by atoms with Gasteiger partial charge in [-0.3, -0.25) is 0 Å². The van der Waals surface area contributed by atoms with E-state index < -0.39 is 0 Å². The lowest BCUT2D eigenvalue weighted by atomic mass is 10.1. The molecular formula is C13H17N3. The second-order valence-electron chi connectivity index (χ2n) is 4.92. The normalized spacial score (nSPS) is 17.9. The number of nitrogens with two attached hydrogens (primary N) is 1. The number of pyridine rings is 1. The first-order valence-corrected chi connectivity index (χ1v) is 5.95. The minimum atomic E-state index is 0.209. The fourth-order valence-corrected chi connectivity index (χ4v) is 2.12. The Morgan fingerprint density at radius 1 is 1.56 bits per heavy atom. The van der Waals surface area contributed by atoms with Crippen LogP contribution in [0.5, 0.6) is 0 Å². The number of hydrogen-bond acceptors (Lipinski definition) is 2. The Morgan fingerprint density at radius 3 is 3.06 bits per heavy atom. The third-order valence-electron chi connectivity index (χ3n) is 3.10. The summed E-state index contributed by atoms with van der Waals surface area (Å²) in [5.41, 5.74) is 9.38. The van der Waals surface area contributed by atoms with Gasteiger partial charge in [0.2, 0.25) is 0 Å². The summed E-state index contributed by atoms with van der Waals surface area (Å²) in [5, 5.41) is 0. The van der Waals surface area contributed by atoms with Gasteiger partial charge in [-0.05, 0) is 43.9 Å². The van der Waals surface area contributed by atoms with Crippen molar-refractivity contribution in [1.29, 1.82) is 0 Å². The van der Waals surface area contributed by atoms with Crippen LogP contribution in [0.4, 0.5) is 0 Å². The maximum absolute atomic E-state index is 5.80. The summed E-state index contributed by atoms with van der Waals surface area (Å²) in [6.07, 6.45) is 7.77. The Hall–Kier alpha value is -1.35. The van der Waals surface area contributed by atoms with Gasteiger partial charge in [-0.25, -0.2) is 4.98 Å². The van der Waals surface area contributed by atoms with E-state index in [0.29, 0.717) is 0 Å². The molecule has 1 saturated carbocycles. The molecule has 16 heavy (non-hydrogen) atoms. The Balaban J connectivity index is 1.96. The fraction of sp³-hybridized carbons (Fsp3) is 0.462. The maximum Gasteiger partial charge on any atom is 0.137 e. The molecule has 0 saturated heterocycles. The SMILES string of the molecule is CC(N)Cc1ccn2cc(C3CC3)nc2c1. The monoisotopic (exact) mass is 215 g/mol. The van der Waals surface area contributed by atoms with Crippen LogP contribution in [0.25, 0.3) is 5.65 Å². The third kappa shape index (κ3) is 1.83. The number of imidazole rings is 1. The van der Waals surface area contributed by atoms with Gasteiger partial charge in [0, 0.05) is 24.4 Å². The van der Waals surface area contributed by atoms with Gasteiger partial charge in [-0.15, -0.1) is 0 Å². The lowest BCUT2D eigenvalue weighted by Crippen LogP contribution is -2.17. The number of rotatable bonds is 3. The van der Waals surface area contributed by atoms with Crippen LogP contribution in [0.2, 0.25) is 0 Å². The first kappa shape index (κ1) is 9.85. The van der Waals surface area contributed by atoms with Crippen molar-refractivity contribution >= 4 is 5.65 Å². The number of nitrogens with zero attached hydrogens (tertiary/aromatic N) is 2. The molecule has 0 aromatic carbocycles. The van der Waals surface area contributed by atoms with Crippen molar-refractivity contribution in [3.8, 4) is 0 Å². The van der Waals surface area contributed by atoms with E-state index in [1.165, 1.54) is 24.1 Å². The molecule has 3 nitrogen and oxygen atoms in total. The van der Waals surface area contributed by atoms with E-state index in [-0.39, 0.29) is 6.04 Å². The number of fused-ring (bicyclic) bond motifs is 1. The molecule has 0 bridgehead atoms. The van der Waals surface area contributed by atoms with E-state index in [4.69, 9.17) is 5.73 Å². The van der Waals surface area contributed by atoms with Crippen LogP contribution in [0.1, 0.15) is 36.9 Å². The molecule has 1 unspecified atom stereocenters. The summed E-state index contributed by atoms with van der Waals surface area (Å²) in [7, 11) is 0. The molecule has 2 N–H and O–H groups in total. The molecule has 2 aromatic rings. The van der Waals surface area contributed by atoms with Gasteiger partial charge in [0.15, 0.2) is 0 Å². The molecule has 0 aliphatic heterocycles. The minimum absolute atomic E-state index is 0.209. The number of aromatic nitrogens is 2. The van der Waals surface area contributed by atoms with Gasteiger partial charge in [0.05, 0.1) is 5.69 Å². The lowest BCUT2D eigenvalue weighted by Gasteiger charge is -2.04. The Bertz CT molecular complexity index is 509. The maximum atomic E-state index is 5.80. The van der Waals surface area contributed by atoms with Crippen molar-refractivity contribution in [3.05, 3.63) is 35.8 Å². The van der Waals surface area contributed by atoms with Gasteiger partial charge in [0.25, 0.3) is 0 Å². The van der Waals surface area contributed by atoms with E-state index >= 15 is 0 Å². The van der Waals surface area contributed by atoms with Crippen LogP contribution in [0.15, 0.2) is 24.5 Å². The average Bonchev–Trinajstić information content (AvgIpc) is 2.98. The summed E-state index contributed by atoms with van der Waals surface area (Å²) >= 11 is 0. The zero-order valence-corrected chi connectivity index (χ0v) is 9.56. The molecule has 2 aromatic heterocycles. The molecule has 3 heteroatoms. The predicted octanol–water partition coefficient (Wildman–Crippen LogP) is 2.10. The zero-order chi connectivity index (χ0) is 11.1. The fourth-order valence-electron chi connectivity index (χ4n) is 2.12. The van der Waals surface area contributed by atoms with Crippen LogP contribution in [-0.4, -0.2) is 15.4 Å². The lowest BCUT2D eigenvalue weighted by molar-refractivity contribution is 0.737. The molecule has 84 valence electrons. The Labute approximate surface area is 95.3 Å². The smallest absolute Gasteiger partial charge is 0.137 e. The molecule has 0 amide bonds. The molecule has 2 heterocycles. The van der Waals surface area contributed by atoms with Crippen molar-refractivity contribution in [2.75, 3.05) is 0 Å². The second-order valence-corrected chi connectivity index (χ2v) is 4.92. The predicted molar refractivity (Wildman–Crippen MR) is 64.5 cm³/mol. The van der Waals surface area contributed by atoms with Crippen molar-refractivity contribution in [2.45, 2.75) is 38.1 Å². The Morgan fingerprint density at radius 2 is 2.38 bits per heavy atom. The van der Waals surface area contributed by atoms with E-state index in [1.54, 1.807) is 0 Å². The van der Waals surface area contributed by atoms with Gasteiger partial charge >= 0.3 is 0 Å². The van der Waals surface area contributed by atoms with Crippen molar-refractivity contribution in [2.24, 2.45) is 5.73 Å². The van der Waals surface area contributed by atoms with Gasteiger partial charge in [0.1, 0.15) is 5.65 Å². The first-order chi connectivity index (χ1) is 7.72. The van der Waals surface area contributed by atoms with Crippen LogP contribution < -0.4 is 5.73 Å². The first-order valence-electron chi connectivity index (χ1n) is 5.95. The standard InChI is InChI=1S/C13H17N3/c1-9(14)6-10-4-5-16-8-12(11-2-3-11)15-13(16)7-10/h4-5,7-9,11H,2-3,6,14H2,1H3. The highest BCUT2D eigenvalue weighted by Gasteiger charge is 2.26. The molecule has 1 fully saturated rings. The molecule has 0 radical (unpaired) electrons. The largest absolute Gasteiger partial charge is 0.328 e. The van der Waals surface area contributed by atoms with Gasteiger partial charge in [-0.1, -0.05) is 0 Å². The summed E-state index contributed by atoms with van der Waals surface area (Å²) in [6.45, 7) is 2.03. The topological polar surface area (TPSA) is 43.3 Å². The van der Waals surface area contributed by atoms with Crippen LogP contribution >= 0.6 is 0 Å². The second kappa shape index (κ2) is 3.59. The zero-order valence-electron chi connectivity index (χ0n) is 9.56. The molecule has 1 atom stereocenters. The van der Waals surface area contributed by atoms with Crippen LogP contribution in [-0.2, 0) is 6.42 Å². The highest BCUT2D eigenvalue weighted by atomic mass is 15.0. The van der Waals surface area contributed by atoms with Gasteiger partial charge in [-0.2, -0.15) is 0 Å².